The van der Waals surface area contributed by atoms with E-state index < -0.39 is 0 Å². The third-order valence-corrected chi connectivity index (χ3v) is 5.59. The molecule has 0 bridgehead atoms. The standard InChI is InChI=1S/C25H31ClN2O4/c1-4-32-25-21(26)15-19(16-23(25)30-3)7-10-24(29)27-22(17-28-11-13-31-14-12-28)20-8-5-18(2)6-9-20/h5-10,15-16,22H,4,11-14,17H2,1-3H3,(H,27,29)/b10-7+. The summed E-state index contributed by atoms with van der Waals surface area (Å²) in [6.07, 6.45) is 3.24. The number of carbonyl (C=O) groups excluding carboxylic acids is 1. The minimum absolute atomic E-state index is 0.121. The van der Waals surface area contributed by atoms with Crippen molar-refractivity contribution in [1.82, 2.24) is 10.2 Å². The van der Waals surface area contributed by atoms with Crippen LogP contribution in [0.4, 0.5) is 0 Å². The quantitative estimate of drug-likeness (QED) is 0.569. The first kappa shape index (κ1) is 24.1. The molecule has 1 fully saturated rings. The molecular formula is C25H31ClN2O4. The number of carbonyl (C=O) groups is 1. The maximum absolute atomic E-state index is 12.8. The summed E-state index contributed by atoms with van der Waals surface area (Å²) in [5.41, 5.74) is 3.02. The van der Waals surface area contributed by atoms with Gasteiger partial charge in [-0.25, -0.2) is 0 Å². The molecule has 1 unspecified atom stereocenters. The van der Waals surface area contributed by atoms with Crippen molar-refractivity contribution in [3.8, 4) is 11.5 Å². The number of methoxy groups -OCH3 is 1. The Kier molecular flexibility index (Phi) is 8.97. The molecule has 3 rings (SSSR count). The first-order chi connectivity index (χ1) is 15.5. The summed E-state index contributed by atoms with van der Waals surface area (Å²) in [6, 6.07) is 11.7. The fraction of sp³-hybridized carbons (Fsp3) is 0.400. The highest BCUT2D eigenvalue weighted by molar-refractivity contribution is 6.32. The van der Waals surface area contributed by atoms with E-state index in [0.717, 1.165) is 44.0 Å². The zero-order valence-electron chi connectivity index (χ0n) is 18.9. The lowest BCUT2D eigenvalue weighted by molar-refractivity contribution is -0.117. The Balaban J connectivity index is 1.73. The van der Waals surface area contributed by atoms with Crippen molar-refractivity contribution in [3.05, 3.63) is 64.2 Å². The van der Waals surface area contributed by atoms with E-state index in [1.54, 1.807) is 25.3 Å². The molecule has 0 aliphatic carbocycles. The Morgan fingerprint density at radius 2 is 1.97 bits per heavy atom. The fourth-order valence-corrected chi connectivity index (χ4v) is 3.86. The van der Waals surface area contributed by atoms with E-state index in [0.29, 0.717) is 23.1 Å². The van der Waals surface area contributed by atoms with E-state index >= 15 is 0 Å². The molecular weight excluding hydrogens is 428 g/mol. The summed E-state index contributed by atoms with van der Waals surface area (Å²) in [7, 11) is 1.56. The third-order valence-electron chi connectivity index (χ3n) is 5.31. The van der Waals surface area contributed by atoms with Crippen molar-refractivity contribution in [3.63, 3.8) is 0 Å². The average molecular weight is 459 g/mol. The van der Waals surface area contributed by atoms with Gasteiger partial charge in [-0.15, -0.1) is 0 Å². The van der Waals surface area contributed by atoms with Gasteiger partial charge in [0, 0.05) is 25.7 Å². The molecule has 172 valence electrons. The topological polar surface area (TPSA) is 60.0 Å². The number of rotatable bonds is 9. The lowest BCUT2D eigenvalue weighted by Crippen LogP contribution is -2.42. The number of halogens is 1. The molecule has 1 heterocycles. The highest BCUT2D eigenvalue weighted by Crippen LogP contribution is 2.36. The maximum Gasteiger partial charge on any atom is 0.244 e. The van der Waals surface area contributed by atoms with Gasteiger partial charge in [-0.2, -0.15) is 0 Å². The Bertz CT molecular complexity index is 924. The van der Waals surface area contributed by atoms with Crippen LogP contribution in [-0.4, -0.2) is 57.4 Å². The van der Waals surface area contributed by atoms with Crippen molar-refractivity contribution in [2.45, 2.75) is 19.9 Å². The SMILES string of the molecule is CCOc1c(Cl)cc(/C=C/C(=O)NC(CN2CCOCC2)c2ccc(C)cc2)cc1OC. The predicted octanol–water partition coefficient (Wildman–Crippen LogP) is 4.26. The number of morpholine rings is 1. The summed E-state index contributed by atoms with van der Waals surface area (Å²) >= 11 is 6.34. The van der Waals surface area contributed by atoms with Crippen LogP contribution in [0, 0.1) is 6.92 Å². The molecule has 1 saturated heterocycles. The van der Waals surface area contributed by atoms with E-state index in [4.69, 9.17) is 25.8 Å². The van der Waals surface area contributed by atoms with Crippen LogP contribution in [0.3, 0.4) is 0 Å². The second kappa shape index (κ2) is 11.9. The highest BCUT2D eigenvalue weighted by atomic mass is 35.5. The van der Waals surface area contributed by atoms with Crippen molar-refractivity contribution in [1.29, 1.82) is 0 Å². The molecule has 0 radical (unpaired) electrons. The van der Waals surface area contributed by atoms with Crippen molar-refractivity contribution in [2.75, 3.05) is 46.6 Å². The van der Waals surface area contributed by atoms with Gasteiger partial charge in [-0.3, -0.25) is 9.69 Å². The Labute approximate surface area is 195 Å². The molecule has 0 aromatic heterocycles. The monoisotopic (exact) mass is 458 g/mol. The number of hydrogen-bond donors (Lipinski definition) is 1. The van der Waals surface area contributed by atoms with Gasteiger partial charge in [0.05, 0.1) is 38.0 Å². The maximum atomic E-state index is 12.8. The van der Waals surface area contributed by atoms with Gasteiger partial charge in [-0.1, -0.05) is 41.4 Å². The third kappa shape index (κ3) is 6.73. The molecule has 2 aromatic carbocycles. The summed E-state index contributed by atoms with van der Waals surface area (Å²) in [6.45, 7) is 8.31. The van der Waals surface area contributed by atoms with Gasteiger partial charge in [0.2, 0.25) is 5.91 Å². The first-order valence-corrected chi connectivity index (χ1v) is 11.2. The molecule has 7 heteroatoms. The van der Waals surface area contributed by atoms with E-state index in [2.05, 4.69) is 41.4 Å². The molecule has 32 heavy (non-hydrogen) atoms. The summed E-state index contributed by atoms with van der Waals surface area (Å²) in [5, 5.41) is 3.59. The number of ether oxygens (including phenoxy) is 3. The zero-order chi connectivity index (χ0) is 22.9. The molecule has 0 spiro atoms. The van der Waals surface area contributed by atoms with Crippen molar-refractivity contribution < 1.29 is 19.0 Å². The lowest BCUT2D eigenvalue weighted by atomic mass is 10.0. The summed E-state index contributed by atoms with van der Waals surface area (Å²) < 4.78 is 16.4. The highest BCUT2D eigenvalue weighted by Gasteiger charge is 2.19. The minimum Gasteiger partial charge on any atom is -0.493 e. The van der Waals surface area contributed by atoms with Crippen LogP contribution in [0.2, 0.25) is 5.02 Å². The van der Waals surface area contributed by atoms with Gasteiger partial charge < -0.3 is 19.5 Å². The van der Waals surface area contributed by atoms with Crippen LogP contribution in [0.1, 0.15) is 29.7 Å². The Morgan fingerprint density at radius 3 is 2.62 bits per heavy atom. The first-order valence-electron chi connectivity index (χ1n) is 10.9. The molecule has 1 aliphatic heterocycles. The second-order valence-electron chi connectivity index (χ2n) is 7.69. The van der Waals surface area contributed by atoms with Gasteiger partial charge in [-0.05, 0) is 43.2 Å². The van der Waals surface area contributed by atoms with Crippen molar-refractivity contribution >= 4 is 23.6 Å². The van der Waals surface area contributed by atoms with Crippen LogP contribution in [0.5, 0.6) is 11.5 Å². The van der Waals surface area contributed by atoms with Crippen molar-refractivity contribution in [2.24, 2.45) is 0 Å². The van der Waals surface area contributed by atoms with E-state index in [-0.39, 0.29) is 11.9 Å². The molecule has 0 saturated carbocycles. The van der Waals surface area contributed by atoms with Gasteiger partial charge >= 0.3 is 0 Å². The number of benzene rings is 2. The number of aryl methyl sites for hydroxylation is 1. The predicted molar refractivity (Wildman–Crippen MR) is 128 cm³/mol. The van der Waals surface area contributed by atoms with E-state index in [9.17, 15) is 4.79 Å². The Morgan fingerprint density at radius 1 is 1.25 bits per heavy atom. The van der Waals surface area contributed by atoms with E-state index in [1.807, 2.05) is 6.92 Å². The van der Waals surface area contributed by atoms with Gasteiger partial charge in [0.25, 0.3) is 0 Å². The molecule has 2 aromatic rings. The van der Waals surface area contributed by atoms with Crippen LogP contribution in [-0.2, 0) is 9.53 Å². The average Bonchev–Trinajstić information content (AvgIpc) is 2.80. The van der Waals surface area contributed by atoms with E-state index in [1.165, 1.54) is 11.6 Å². The largest absolute Gasteiger partial charge is 0.493 e. The van der Waals surface area contributed by atoms with Crippen LogP contribution in [0.15, 0.2) is 42.5 Å². The second-order valence-corrected chi connectivity index (χ2v) is 8.09. The number of nitrogens with one attached hydrogen (secondary N) is 1. The minimum atomic E-state index is -0.173. The van der Waals surface area contributed by atoms with Gasteiger partial charge in [0.1, 0.15) is 0 Å². The molecule has 1 amide bonds. The normalized spacial score (nSPS) is 15.5. The number of hydrogen-bond acceptors (Lipinski definition) is 5. The number of nitrogens with zero attached hydrogens (tertiary/aromatic N) is 1. The molecule has 1 N–H and O–H groups in total. The van der Waals surface area contributed by atoms with Crippen LogP contribution < -0.4 is 14.8 Å². The van der Waals surface area contributed by atoms with Crippen LogP contribution >= 0.6 is 11.6 Å². The lowest BCUT2D eigenvalue weighted by Gasteiger charge is -2.31. The molecule has 6 nitrogen and oxygen atoms in total. The summed E-state index contributed by atoms with van der Waals surface area (Å²) in [5.74, 6) is 0.861. The molecule has 1 aliphatic rings. The number of amides is 1. The zero-order valence-corrected chi connectivity index (χ0v) is 19.7. The smallest absolute Gasteiger partial charge is 0.244 e. The van der Waals surface area contributed by atoms with Gasteiger partial charge in [0.15, 0.2) is 11.5 Å². The Hall–Kier alpha value is -2.54. The fourth-order valence-electron chi connectivity index (χ4n) is 3.59. The summed E-state index contributed by atoms with van der Waals surface area (Å²) in [4.78, 5) is 15.1. The van der Waals surface area contributed by atoms with Crippen LogP contribution in [0.25, 0.3) is 6.08 Å². The molecule has 1 atom stereocenters.